The number of thiazole rings is 1. The molecule has 0 aliphatic rings. The normalized spacial score (nSPS) is 10.8. The lowest BCUT2D eigenvalue weighted by Gasteiger charge is -1.99. The van der Waals surface area contributed by atoms with Gasteiger partial charge in [0.25, 0.3) is 0 Å². The molecule has 0 aliphatic carbocycles. The summed E-state index contributed by atoms with van der Waals surface area (Å²) in [5, 5.41) is 13.1. The standard InChI is InChI=1S/C14H7ClFNO2S2/c15-8-1-2-9(10(16)4-8)13-17-11(6-21-13)12-3-7(5-20-12)14(18)19/h1-6H,(H,18,19). The number of aromatic nitrogens is 1. The second kappa shape index (κ2) is 5.55. The minimum atomic E-state index is -0.975. The summed E-state index contributed by atoms with van der Waals surface area (Å²) in [5.41, 5.74) is 1.25. The van der Waals surface area contributed by atoms with Crippen LogP contribution in [0.4, 0.5) is 4.39 Å². The highest BCUT2D eigenvalue weighted by molar-refractivity contribution is 7.15. The highest BCUT2D eigenvalue weighted by Gasteiger charge is 2.14. The molecule has 0 bridgehead atoms. The fraction of sp³-hybridized carbons (Fsp3) is 0. The molecular formula is C14H7ClFNO2S2. The van der Waals surface area contributed by atoms with E-state index in [0.717, 1.165) is 4.88 Å². The molecule has 0 aliphatic heterocycles. The van der Waals surface area contributed by atoms with Gasteiger partial charge in [0, 0.05) is 21.3 Å². The SMILES string of the molecule is O=C(O)c1csc(-c2csc(-c3ccc(Cl)cc3F)n2)c1. The number of halogens is 2. The van der Waals surface area contributed by atoms with Gasteiger partial charge in [-0.2, -0.15) is 0 Å². The van der Waals surface area contributed by atoms with E-state index >= 15 is 0 Å². The first-order valence-corrected chi connectivity index (χ1v) is 7.91. The number of rotatable bonds is 3. The number of carbonyl (C=O) groups is 1. The summed E-state index contributed by atoms with van der Waals surface area (Å²) in [7, 11) is 0. The maximum atomic E-state index is 13.9. The van der Waals surface area contributed by atoms with Gasteiger partial charge < -0.3 is 5.11 Å². The Kier molecular flexibility index (Phi) is 3.75. The van der Waals surface area contributed by atoms with Crippen molar-refractivity contribution in [2.24, 2.45) is 0 Å². The highest BCUT2D eigenvalue weighted by Crippen LogP contribution is 2.33. The molecule has 7 heteroatoms. The van der Waals surface area contributed by atoms with Crippen molar-refractivity contribution >= 4 is 40.2 Å². The topological polar surface area (TPSA) is 50.2 Å². The van der Waals surface area contributed by atoms with Gasteiger partial charge in [-0.15, -0.1) is 22.7 Å². The molecule has 1 aromatic carbocycles. The van der Waals surface area contributed by atoms with Crippen LogP contribution in [-0.4, -0.2) is 16.1 Å². The highest BCUT2D eigenvalue weighted by atomic mass is 35.5. The van der Waals surface area contributed by atoms with Crippen LogP contribution in [0.2, 0.25) is 5.02 Å². The average Bonchev–Trinajstić information content (AvgIpc) is 3.07. The molecule has 3 rings (SSSR count). The monoisotopic (exact) mass is 339 g/mol. The molecule has 3 aromatic rings. The fourth-order valence-corrected chi connectivity index (χ4v) is 3.68. The Hall–Kier alpha value is -1.76. The van der Waals surface area contributed by atoms with E-state index in [9.17, 15) is 9.18 Å². The first-order chi connectivity index (χ1) is 10.0. The number of carboxylic acid groups (broad SMARTS) is 1. The van der Waals surface area contributed by atoms with Crippen LogP contribution in [0, 0.1) is 5.82 Å². The molecule has 1 N–H and O–H groups in total. The zero-order valence-corrected chi connectivity index (χ0v) is 12.7. The molecular weight excluding hydrogens is 333 g/mol. The van der Waals surface area contributed by atoms with Gasteiger partial charge in [-0.1, -0.05) is 11.6 Å². The van der Waals surface area contributed by atoms with E-state index in [0.29, 0.717) is 21.3 Å². The van der Waals surface area contributed by atoms with Crippen molar-refractivity contribution in [1.82, 2.24) is 4.98 Å². The molecule has 2 heterocycles. The average molecular weight is 340 g/mol. The number of benzene rings is 1. The van der Waals surface area contributed by atoms with Crippen LogP contribution >= 0.6 is 34.3 Å². The Labute approximate surface area is 132 Å². The minimum absolute atomic E-state index is 0.224. The van der Waals surface area contributed by atoms with Crippen molar-refractivity contribution < 1.29 is 14.3 Å². The van der Waals surface area contributed by atoms with Crippen molar-refractivity contribution in [1.29, 1.82) is 0 Å². The largest absolute Gasteiger partial charge is 0.478 e. The predicted octanol–water partition coefficient (Wildman–Crippen LogP) is 5.03. The molecule has 0 amide bonds. The minimum Gasteiger partial charge on any atom is -0.478 e. The van der Waals surface area contributed by atoms with Gasteiger partial charge in [0.15, 0.2) is 0 Å². The maximum Gasteiger partial charge on any atom is 0.336 e. The van der Waals surface area contributed by atoms with Gasteiger partial charge >= 0.3 is 5.97 Å². The zero-order chi connectivity index (χ0) is 15.0. The second-order valence-electron chi connectivity index (χ2n) is 4.17. The Balaban J connectivity index is 1.97. The quantitative estimate of drug-likeness (QED) is 0.728. The first-order valence-electron chi connectivity index (χ1n) is 5.78. The Morgan fingerprint density at radius 2 is 2.05 bits per heavy atom. The van der Waals surface area contributed by atoms with Crippen LogP contribution < -0.4 is 0 Å². The van der Waals surface area contributed by atoms with Crippen molar-refractivity contribution in [3.05, 3.63) is 51.4 Å². The Bertz CT molecular complexity index is 828. The number of carboxylic acids is 1. The Morgan fingerprint density at radius 3 is 2.71 bits per heavy atom. The summed E-state index contributed by atoms with van der Waals surface area (Å²) >= 11 is 8.32. The third kappa shape index (κ3) is 2.83. The van der Waals surface area contributed by atoms with Crippen LogP contribution in [0.1, 0.15) is 10.4 Å². The lowest BCUT2D eigenvalue weighted by molar-refractivity contribution is 0.0697. The van der Waals surface area contributed by atoms with Crippen LogP contribution in [0.3, 0.4) is 0 Å². The van der Waals surface area contributed by atoms with Crippen LogP contribution in [-0.2, 0) is 0 Å². The van der Waals surface area contributed by atoms with E-state index in [1.165, 1.54) is 28.7 Å². The third-order valence-electron chi connectivity index (χ3n) is 2.76. The van der Waals surface area contributed by atoms with Gasteiger partial charge in [0.05, 0.1) is 16.1 Å². The van der Waals surface area contributed by atoms with E-state index in [1.807, 2.05) is 0 Å². The summed E-state index contributed by atoms with van der Waals surface area (Å²) in [5.74, 6) is -1.41. The number of thiophene rings is 1. The van der Waals surface area contributed by atoms with E-state index in [4.69, 9.17) is 16.7 Å². The molecule has 0 atom stereocenters. The number of aromatic carboxylic acids is 1. The van der Waals surface area contributed by atoms with E-state index in [2.05, 4.69) is 4.98 Å². The number of hydrogen-bond donors (Lipinski definition) is 1. The smallest absolute Gasteiger partial charge is 0.336 e. The lowest BCUT2D eigenvalue weighted by atomic mass is 10.2. The van der Waals surface area contributed by atoms with E-state index in [1.54, 1.807) is 29.0 Å². The lowest BCUT2D eigenvalue weighted by Crippen LogP contribution is -1.91. The molecule has 0 saturated carbocycles. The van der Waals surface area contributed by atoms with E-state index in [-0.39, 0.29) is 5.56 Å². The molecule has 0 spiro atoms. The maximum absolute atomic E-state index is 13.9. The van der Waals surface area contributed by atoms with Crippen molar-refractivity contribution in [3.63, 3.8) is 0 Å². The second-order valence-corrected chi connectivity index (χ2v) is 6.37. The molecule has 0 unspecified atom stereocenters. The summed E-state index contributed by atoms with van der Waals surface area (Å²) in [6.45, 7) is 0. The molecule has 21 heavy (non-hydrogen) atoms. The zero-order valence-electron chi connectivity index (χ0n) is 10.3. The van der Waals surface area contributed by atoms with Gasteiger partial charge in [-0.3, -0.25) is 0 Å². The number of nitrogens with zero attached hydrogens (tertiary/aromatic N) is 1. The summed E-state index contributed by atoms with van der Waals surface area (Å²) in [6, 6.07) is 5.99. The molecule has 0 fully saturated rings. The third-order valence-corrected chi connectivity index (χ3v) is 4.83. The van der Waals surface area contributed by atoms with Gasteiger partial charge in [0.2, 0.25) is 0 Å². The predicted molar refractivity (Wildman–Crippen MR) is 82.8 cm³/mol. The van der Waals surface area contributed by atoms with Crippen molar-refractivity contribution in [2.45, 2.75) is 0 Å². The fourth-order valence-electron chi connectivity index (χ4n) is 1.76. The van der Waals surface area contributed by atoms with E-state index < -0.39 is 11.8 Å². The van der Waals surface area contributed by atoms with Crippen LogP contribution in [0.5, 0.6) is 0 Å². The van der Waals surface area contributed by atoms with Crippen molar-refractivity contribution in [2.75, 3.05) is 0 Å². The van der Waals surface area contributed by atoms with Gasteiger partial charge in [0.1, 0.15) is 10.8 Å². The van der Waals surface area contributed by atoms with Crippen LogP contribution in [0.25, 0.3) is 21.1 Å². The van der Waals surface area contributed by atoms with Gasteiger partial charge in [-0.25, -0.2) is 14.2 Å². The molecule has 3 nitrogen and oxygen atoms in total. The van der Waals surface area contributed by atoms with Crippen molar-refractivity contribution in [3.8, 4) is 21.1 Å². The molecule has 106 valence electrons. The first kappa shape index (κ1) is 14.2. The van der Waals surface area contributed by atoms with Crippen LogP contribution in [0.15, 0.2) is 35.0 Å². The molecule has 0 saturated heterocycles. The molecule has 2 aromatic heterocycles. The Morgan fingerprint density at radius 1 is 1.24 bits per heavy atom. The van der Waals surface area contributed by atoms with Gasteiger partial charge in [-0.05, 0) is 24.3 Å². The summed E-state index contributed by atoms with van der Waals surface area (Å²) in [6.07, 6.45) is 0. The number of hydrogen-bond acceptors (Lipinski definition) is 4. The summed E-state index contributed by atoms with van der Waals surface area (Å²) < 4.78 is 13.9. The molecule has 0 radical (unpaired) electrons. The summed E-state index contributed by atoms with van der Waals surface area (Å²) in [4.78, 5) is 16.0.